The van der Waals surface area contributed by atoms with Crippen LogP contribution in [0.4, 0.5) is 8.78 Å². The molecule has 2 aliphatic rings. The molecule has 1 aromatic carbocycles. The maximum atomic E-state index is 13.0. The Labute approximate surface area is 160 Å². The van der Waals surface area contributed by atoms with Gasteiger partial charge in [0.05, 0.1) is 0 Å². The van der Waals surface area contributed by atoms with E-state index in [4.69, 9.17) is 0 Å². The van der Waals surface area contributed by atoms with Gasteiger partial charge >= 0.3 is 6.61 Å². The van der Waals surface area contributed by atoms with Gasteiger partial charge in [0.15, 0.2) is 0 Å². The van der Waals surface area contributed by atoms with Gasteiger partial charge in [-0.2, -0.15) is 13.1 Å². The number of alkyl halides is 2. The van der Waals surface area contributed by atoms with Gasteiger partial charge in [0.1, 0.15) is 10.6 Å². The monoisotopic (exact) mass is 402 g/mol. The lowest BCUT2D eigenvalue weighted by molar-refractivity contribution is -0.0517. The third kappa shape index (κ3) is 5.39. The predicted molar refractivity (Wildman–Crippen MR) is 99.5 cm³/mol. The van der Waals surface area contributed by atoms with Crippen LogP contribution in [0.1, 0.15) is 38.5 Å². The molecule has 5 nitrogen and oxygen atoms in total. The molecule has 1 aromatic rings. The van der Waals surface area contributed by atoms with E-state index in [0.29, 0.717) is 25.6 Å². The fraction of sp³-hybridized carbons (Fsp3) is 0.684. The number of sulfonamides is 1. The molecule has 0 unspecified atom stereocenters. The van der Waals surface area contributed by atoms with Crippen molar-refractivity contribution in [1.82, 2.24) is 9.21 Å². The van der Waals surface area contributed by atoms with Gasteiger partial charge in [-0.1, -0.05) is 31.4 Å². The minimum absolute atomic E-state index is 0.189. The third-order valence-corrected chi connectivity index (χ3v) is 7.41. The van der Waals surface area contributed by atoms with Gasteiger partial charge < -0.3 is 9.64 Å². The van der Waals surface area contributed by atoms with Crippen molar-refractivity contribution >= 4 is 10.0 Å². The summed E-state index contributed by atoms with van der Waals surface area (Å²) in [5.41, 5.74) is 0. The van der Waals surface area contributed by atoms with E-state index in [1.807, 2.05) is 0 Å². The molecule has 1 aliphatic carbocycles. The summed E-state index contributed by atoms with van der Waals surface area (Å²) in [4.78, 5) is 2.17. The van der Waals surface area contributed by atoms with Gasteiger partial charge in [0, 0.05) is 26.2 Å². The summed E-state index contributed by atoms with van der Waals surface area (Å²) in [6, 6.07) is 5.62. The molecule has 1 saturated heterocycles. The summed E-state index contributed by atoms with van der Waals surface area (Å²) in [5, 5.41) is 0. The molecule has 0 N–H and O–H groups in total. The predicted octanol–water partition coefficient (Wildman–Crippen LogP) is 3.56. The van der Waals surface area contributed by atoms with Crippen LogP contribution in [0.25, 0.3) is 0 Å². The molecule has 0 amide bonds. The molecule has 3 rings (SSSR count). The minimum Gasteiger partial charge on any atom is -0.433 e. The summed E-state index contributed by atoms with van der Waals surface area (Å²) in [7, 11) is -3.87. The number of hydrogen-bond acceptors (Lipinski definition) is 4. The second-order valence-corrected chi connectivity index (χ2v) is 9.29. The van der Waals surface area contributed by atoms with E-state index in [2.05, 4.69) is 9.64 Å². The summed E-state index contributed by atoms with van der Waals surface area (Å²) >= 11 is 0. The van der Waals surface area contributed by atoms with Crippen LogP contribution in [0.15, 0.2) is 29.2 Å². The second-order valence-electron chi connectivity index (χ2n) is 7.39. The number of hydrogen-bond donors (Lipinski definition) is 0. The zero-order valence-electron chi connectivity index (χ0n) is 15.5. The van der Waals surface area contributed by atoms with Crippen LogP contribution in [-0.4, -0.2) is 57.0 Å². The Balaban J connectivity index is 1.67. The van der Waals surface area contributed by atoms with Gasteiger partial charge in [0.2, 0.25) is 10.0 Å². The average molecular weight is 403 g/mol. The smallest absolute Gasteiger partial charge is 0.387 e. The van der Waals surface area contributed by atoms with Gasteiger partial charge in [-0.15, -0.1) is 0 Å². The highest BCUT2D eigenvalue weighted by Crippen LogP contribution is 2.29. The normalized spacial score (nSPS) is 21.3. The number of para-hydroxylation sites is 1. The van der Waals surface area contributed by atoms with Gasteiger partial charge in [-0.3, -0.25) is 0 Å². The highest BCUT2D eigenvalue weighted by Gasteiger charge is 2.30. The van der Waals surface area contributed by atoms with Crippen molar-refractivity contribution in [3.05, 3.63) is 24.3 Å². The van der Waals surface area contributed by atoms with Crippen LogP contribution in [0.3, 0.4) is 0 Å². The van der Waals surface area contributed by atoms with Crippen molar-refractivity contribution in [3.8, 4) is 5.75 Å². The average Bonchev–Trinajstić information content (AvgIpc) is 2.88. The van der Waals surface area contributed by atoms with Crippen LogP contribution < -0.4 is 4.74 Å². The van der Waals surface area contributed by atoms with Crippen molar-refractivity contribution in [2.24, 2.45) is 5.92 Å². The van der Waals surface area contributed by atoms with Crippen molar-refractivity contribution in [1.29, 1.82) is 0 Å². The Hall–Kier alpha value is -1.25. The summed E-state index contributed by atoms with van der Waals surface area (Å²) in [6.07, 6.45) is 7.17. The minimum atomic E-state index is -3.87. The topological polar surface area (TPSA) is 49.9 Å². The molecule has 0 aromatic heterocycles. The molecule has 2 fully saturated rings. The molecule has 1 aliphatic heterocycles. The van der Waals surface area contributed by atoms with Crippen LogP contribution in [0.5, 0.6) is 5.75 Å². The first-order chi connectivity index (χ1) is 13.0. The SMILES string of the molecule is O=S(=O)(c1ccccc1OC(F)F)N1CCCN(CC2CCCCC2)CC1. The van der Waals surface area contributed by atoms with E-state index in [1.54, 1.807) is 0 Å². The van der Waals surface area contributed by atoms with Crippen molar-refractivity contribution < 1.29 is 21.9 Å². The Morgan fingerprint density at radius 1 is 1.00 bits per heavy atom. The number of rotatable bonds is 6. The lowest BCUT2D eigenvalue weighted by atomic mass is 9.89. The van der Waals surface area contributed by atoms with Crippen molar-refractivity contribution in [2.45, 2.75) is 50.0 Å². The van der Waals surface area contributed by atoms with Crippen molar-refractivity contribution in [3.63, 3.8) is 0 Å². The highest BCUT2D eigenvalue weighted by molar-refractivity contribution is 7.89. The third-order valence-electron chi connectivity index (χ3n) is 5.47. The fourth-order valence-electron chi connectivity index (χ4n) is 4.10. The van der Waals surface area contributed by atoms with Crippen LogP contribution in [0, 0.1) is 5.92 Å². The quantitative estimate of drug-likeness (QED) is 0.730. The Morgan fingerprint density at radius 2 is 1.74 bits per heavy atom. The molecular formula is C19H28F2N2O3S. The molecule has 8 heteroatoms. The first kappa shape index (κ1) is 20.5. The number of nitrogens with zero attached hydrogens (tertiary/aromatic N) is 2. The van der Waals surface area contributed by atoms with E-state index in [-0.39, 0.29) is 10.6 Å². The zero-order valence-corrected chi connectivity index (χ0v) is 16.3. The molecule has 0 spiro atoms. The summed E-state index contributed by atoms with van der Waals surface area (Å²) in [5.74, 6) is 0.415. The second kappa shape index (κ2) is 9.30. The highest BCUT2D eigenvalue weighted by atomic mass is 32.2. The van der Waals surface area contributed by atoms with E-state index in [1.165, 1.54) is 60.7 Å². The van der Waals surface area contributed by atoms with Gasteiger partial charge in [-0.25, -0.2) is 8.42 Å². The lowest BCUT2D eigenvalue weighted by Crippen LogP contribution is -2.37. The van der Waals surface area contributed by atoms with E-state index in [9.17, 15) is 17.2 Å². The fourth-order valence-corrected chi connectivity index (χ4v) is 5.69. The van der Waals surface area contributed by atoms with E-state index in [0.717, 1.165) is 19.5 Å². The van der Waals surface area contributed by atoms with Crippen LogP contribution >= 0.6 is 0 Å². The first-order valence-corrected chi connectivity index (χ1v) is 11.2. The molecule has 0 radical (unpaired) electrons. The molecule has 1 heterocycles. The first-order valence-electron chi connectivity index (χ1n) is 9.73. The largest absolute Gasteiger partial charge is 0.433 e. The number of benzene rings is 1. The number of ether oxygens (including phenoxy) is 1. The zero-order chi connectivity index (χ0) is 19.3. The van der Waals surface area contributed by atoms with Crippen LogP contribution in [0.2, 0.25) is 0 Å². The Morgan fingerprint density at radius 3 is 2.48 bits per heavy atom. The lowest BCUT2D eigenvalue weighted by Gasteiger charge is -2.28. The van der Waals surface area contributed by atoms with Gasteiger partial charge in [0.25, 0.3) is 0 Å². The Kier molecular flexibility index (Phi) is 7.05. The van der Waals surface area contributed by atoms with Crippen molar-refractivity contribution in [2.75, 3.05) is 32.7 Å². The number of halogens is 2. The molecular weight excluding hydrogens is 374 g/mol. The maximum Gasteiger partial charge on any atom is 0.387 e. The molecule has 27 heavy (non-hydrogen) atoms. The summed E-state index contributed by atoms with van der Waals surface area (Å²) in [6.45, 7) is 0.283. The Bertz CT molecular complexity index is 709. The molecule has 0 bridgehead atoms. The van der Waals surface area contributed by atoms with Gasteiger partial charge in [-0.05, 0) is 43.9 Å². The molecule has 152 valence electrons. The standard InChI is InChI=1S/C19H28F2N2O3S/c20-19(21)26-17-9-4-5-10-18(17)27(24,25)23-12-6-11-22(13-14-23)15-16-7-2-1-3-8-16/h4-5,9-10,16,19H,1-3,6-8,11-15H2. The summed E-state index contributed by atoms with van der Waals surface area (Å²) < 4.78 is 57.1. The molecule has 0 atom stereocenters. The van der Waals surface area contributed by atoms with E-state index < -0.39 is 16.6 Å². The van der Waals surface area contributed by atoms with Crippen LogP contribution in [-0.2, 0) is 10.0 Å². The van der Waals surface area contributed by atoms with E-state index >= 15 is 0 Å². The molecule has 1 saturated carbocycles. The maximum absolute atomic E-state index is 13.0.